The number of nitrogens with zero attached hydrogens (tertiary/aromatic N) is 1. The number of carbonyl (C=O) groups excluding carboxylic acids is 1. The van der Waals surface area contributed by atoms with Gasteiger partial charge >= 0.3 is 5.97 Å². The molecule has 1 atom stereocenters. The Labute approximate surface area is 83.2 Å². The van der Waals surface area contributed by atoms with E-state index in [2.05, 4.69) is 22.4 Å². The highest BCUT2D eigenvalue weighted by Crippen LogP contribution is 1.95. The van der Waals surface area contributed by atoms with Crippen LogP contribution in [-0.4, -0.2) is 30.3 Å². The molecule has 0 bridgehead atoms. The number of esters is 1. The van der Waals surface area contributed by atoms with Gasteiger partial charge in [0.15, 0.2) is 6.04 Å². The summed E-state index contributed by atoms with van der Waals surface area (Å²) in [6.45, 7) is 2.54. The second-order valence-corrected chi connectivity index (χ2v) is 2.68. The molecule has 13 heavy (non-hydrogen) atoms. The quantitative estimate of drug-likeness (QED) is 0.299. The second-order valence-electron chi connectivity index (χ2n) is 2.49. The number of nitrogens with two attached hydrogens (primary N) is 1. The van der Waals surface area contributed by atoms with Gasteiger partial charge in [-0.05, 0) is 18.6 Å². The molecule has 0 radical (unpaired) electrons. The maximum absolute atomic E-state index is 11.2. The standard InChI is InChI=1S/C8H14N2O2S/c1-2-3-4-12-8(11)7(5-9)10-6-13/h7H,2-5,9H2,1H3. The lowest BCUT2D eigenvalue weighted by molar-refractivity contribution is -0.144. The minimum Gasteiger partial charge on any atom is -0.464 e. The molecule has 0 spiro atoms. The highest BCUT2D eigenvalue weighted by molar-refractivity contribution is 7.78. The van der Waals surface area contributed by atoms with Crippen LogP contribution in [-0.2, 0) is 9.53 Å². The van der Waals surface area contributed by atoms with E-state index in [1.807, 2.05) is 6.92 Å². The van der Waals surface area contributed by atoms with Gasteiger partial charge in [0.25, 0.3) is 0 Å². The van der Waals surface area contributed by atoms with Crippen LogP contribution in [0.25, 0.3) is 0 Å². The Balaban J connectivity index is 3.84. The molecule has 0 aliphatic rings. The first-order chi connectivity index (χ1) is 6.26. The van der Waals surface area contributed by atoms with Crippen LogP contribution < -0.4 is 5.73 Å². The Kier molecular flexibility index (Phi) is 7.39. The number of rotatable bonds is 6. The first-order valence-corrected chi connectivity index (χ1v) is 4.60. The first kappa shape index (κ1) is 12.2. The third-order valence-electron chi connectivity index (χ3n) is 1.45. The van der Waals surface area contributed by atoms with Crippen LogP contribution in [0.3, 0.4) is 0 Å². The van der Waals surface area contributed by atoms with Crippen molar-refractivity contribution >= 4 is 23.3 Å². The van der Waals surface area contributed by atoms with Gasteiger partial charge in [-0.2, -0.15) is 0 Å². The topological polar surface area (TPSA) is 64.7 Å². The van der Waals surface area contributed by atoms with E-state index in [-0.39, 0.29) is 6.54 Å². The molecule has 0 amide bonds. The van der Waals surface area contributed by atoms with E-state index >= 15 is 0 Å². The van der Waals surface area contributed by atoms with Gasteiger partial charge in [-0.25, -0.2) is 9.79 Å². The molecule has 0 aromatic carbocycles. The number of hydrogen-bond donors (Lipinski definition) is 1. The molecule has 74 valence electrons. The number of isothiocyanates is 1. The monoisotopic (exact) mass is 202 g/mol. The number of carbonyl (C=O) groups is 1. The van der Waals surface area contributed by atoms with E-state index < -0.39 is 12.0 Å². The lowest BCUT2D eigenvalue weighted by atomic mass is 10.3. The summed E-state index contributed by atoms with van der Waals surface area (Å²) >= 11 is 4.37. The zero-order valence-electron chi connectivity index (χ0n) is 7.66. The normalized spacial score (nSPS) is 11.5. The van der Waals surface area contributed by atoms with Gasteiger partial charge in [0, 0.05) is 6.54 Å². The fourth-order valence-electron chi connectivity index (χ4n) is 0.679. The maximum atomic E-state index is 11.2. The van der Waals surface area contributed by atoms with Crippen molar-refractivity contribution in [1.82, 2.24) is 0 Å². The lowest BCUT2D eigenvalue weighted by Crippen LogP contribution is -2.29. The fraction of sp³-hybridized carbons (Fsp3) is 0.750. The molecule has 0 aliphatic carbocycles. The number of thiocarbonyl (C=S) groups is 1. The van der Waals surface area contributed by atoms with Gasteiger partial charge in [-0.15, -0.1) is 0 Å². The molecule has 0 aliphatic heterocycles. The molecular weight excluding hydrogens is 188 g/mol. The molecule has 5 heteroatoms. The summed E-state index contributed by atoms with van der Waals surface area (Å²) in [7, 11) is 0. The van der Waals surface area contributed by atoms with Crippen LogP contribution in [0.15, 0.2) is 4.99 Å². The highest BCUT2D eigenvalue weighted by atomic mass is 32.1. The highest BCUT2D eigenvalue weighted by Gasteiger charge is 2.15. The van der Waals surface area contributed by atoms with Crippen molar-refractivity contribution in [3.8, 4) is 0 Å². The molecule has 0 fully saturated rings. The Hall–Kier alpha value is -0.770. The van der Waals surface area contributed by atoms with E-state index in [0.717, 1.165) is 12.8 Å². The number of aliphatic imine (C=N–C) groups is 1. The zero-order valence-corrected chi connectivity index (χ0v) is 8.47. The van der Waals surface area contributed by atoms with Crippen LogP contribution in [0.5, 0.6) is 0 Å². The fourth-order valence-corrected chi connectivity index (χ4v) is 0.806. The summed E-state index contributed by atoms with van der Waals surface area (Å²) in [4.78, 5) is 14.7. The van der Waals surface area contributed by atoms with Gasteiger partial charge in [0.2, 0.25) is 0 Å². The Morgan fingerprint density at radius 1 is 1.77 bits per heavy atom. The smallest absolute Gasteiger partial charge is 0.333 e. The van der Waals surface area contributed by atoms with Crippen molar-refractivity contribution in [2.75, 3.05) is 13.2 Å². The SMILES string of the molecule is CCCCOC(=O)C(CN)N=C=S. The molecule has 4 nitrogen and oxygen atoms in total. The summed E-state index contributed by atoms with van der Waals surface area (Å²) < 4.78 is 4.89. The predicted molar refractivity (Wildman–Crippen MR) is 53.7 cm³/mol. The summed E-state index contributed by atoms with van der Waals surface area (Å²) in [5.74, 6) is -0.423. The number of ether oxygens (including phenoxy) is 1. The maximum Gasteiger partial charge on any atom is 0.333 e. The van der Waals surface area contributed by atoms with Gasteiger partial charge in [-0.3, -0.25) is 0 Å². The van der Waals surface area contributed by atoms with Crippen molar-refractivity contribution in [3.63, 3.8) is 0 Å². The summed E-state index contributed by atoms with van der Waals surface area (Å²) in [6.07, 6.45) is 1.83. The van der Waals surface area contributed by atoms with Crippen LogP contribution in [0.4, 0.5) is 0 Å². The van der Waals surface area contributed by atoms with Crippen LogP contribution in [0.1, 0.15) is 19.8 Å². The van der Waals surface area contributed by atoms with Gasteiger partial charge in [0.05, 0.1) is 11.8 Å². The largest absolute Gasteiger partial charge is 0.464 e. The molecular formula is C8H14N2O2S. The zero-order chi connectivity index (χ0) is 10.1. The van der Waals surface area contributed by atoms with E-state index in [1.54, 1.807) is 0 Å². The van der Waals surface area contributed by atoms with Crippen molar-refractivity contribution in [2.45, 2.75) is 25.8 Å². The molecule has 0 aromatic heterocycles. The average molecular weight is 202 g/mol. The minimum absolute atomic E-state index is 0.106. The van der Waals surface area contributed by atoms with Crippen molar-refractivity contribution < 1.29 is 9.53 Å². The van der Waals surface area contributed by atoms with E-state index in [9.17, 15) is 4.79 Å². The van der Waals surface area contributed by atoms with Crippen LogP contribution in [0, 0.1) is 0 Å². The number of hydrogen-bond acceptors (Lipinski definition) is 5. The Morgan fingerprint density at radius 3 is 2.92 bits per heavy atom. The molecule has 2 N–H and O–H groups in total. The minimum atomic E-state index is -0.686. The Morgan fingerprint density at radius 2 is 2.46 bits per heavy atom. The van der Waals surface area contributed by atoms with Gasteiger partial charge in [0.1, 0.15) is 0 Å². The molecule has 0 heterocycles. The molecule has 0 rings (SSSR count). The van der Waals surface area contributed by atoms with Crippen LogP contribution in [0.2, 0.25) is 0 Å². The first-order valence-electron chi connectivity index (χ1n) is 4.20. The van der Waals surface area contributed by atoms with E-state index in [0.29, 0.717) is 6.61 Å². The van der Waals surface area contributed by atoms with Crippen LogP contribution >= 0.6 is 12.2 Å². The summed E-state index contributed by atoms with van der Waals surface area (Å²) in [6, 6.07) is -0.686. The second kappa shape index (κ2) is 7.86. The van der Waals surface area contributed by atoms with Crippen molar-refractivity contribution in [2.24, 2.45) is 10.7 Å². The number of unbranched alkanes of at least 4 members (excludes halogenated alkanes) is 1. The van der Waals surface area contributed by atoms with E-state index in [4.69, 9.17) is 10.5 Å². The molecule has 0 saturated heterocycles. The third kappa shape index (κ3) is 5.47. The lowest BCUT2D eigenvalue weighted by Gasteiger charge is -2.07. The van der Waals surface area contributed by atoms with E-state index in [1.165, 1.54) is 0 Å². The van der Waals surface area contributed by atoms with Crippen molar-refractivity contribution in [1.29, 1.82) is 0 Å². The third-order valence-corrected chi connectivity index (χ3v) is 1.55. The predicted octanol–water partition coefficient (Wildman–Crippen LogP) is 0.760. The van der Waals surface area contributed by atoms with Gasteiger partial charge in [-0.1, -0.05) is 13.3 Å². The average Bonchev–Trinajstić information content (AvgIpc) is 2.14. The molecule has 0 aromatic rings. The van der Waals surface area contributed by atoms with Crippen molar-refractivity contribution in [3.05, 3.63) is 0 Å². The molecule has 1 unspecified atom stereocenters. The summed E-state index contributed by atoms with van der Waals surface area (Å²) in [5, 5.41) is 2.12. The van der Waals surface area contributed by atoms with Gasteiger partial charge < -0.3 is 10.5 Å². The molecule has 0 saturated carbocycles. The Bertz CT molecular complexity index is 202. The summed E-state index contributed by atoms with van der Waals surface area (Å²) in [5.41, 5.74) is 5.28.